The third-order valence-corrected chi connectivity index (χ3v) is 4.30. The Hall–Kier alpha value is -1.42. The average molecular weight is 292 g/mol. The summed E-state index contributed by atoms with van der Waals surface area (Å²) in [6, 6.07) is 5.70. The van der Waals surface area contributed by atoms with Gasteiger partial charge in [0.1, 0.15) is 5.75 Å². The van der Waals surface area contributed by atoms with Crippen LogP contribution in [0.25, 0.3) is 0 Å². The van der Waals surface area contributed by atoms with Crippen molar-refractivity contribution in [1.82, 2.24) is 0 Å². The van der Waals surface area contributed by atoms with Crippen LogP contribution in [0.3, 0.4) is 0 Å². The average Bonchev–Trinajstić information content (AvgIpc) is 2.48. The predicted octanol–water partition coefficient (Wildman–Crippen LogP) is 3.41. The van der Waals surface area contributed by atoms with E-state index in [1.54, 1.807) is 0 Å². The molecule has 4 N–H and O–H groups in total. The number of ether oxygens (including phenoxy) is 1. The van der Waals surface area contributed by atoms with Crippen LogP contribution < -0.4 is 15.8 Å². The van der Waals surface area contributed by atoms with Crippen LogP contribution in [-0.2, 0) is 0 Å². The first-order valence-corrected chi connectivity index (χ1v) is 8.01. The lowest BCUT2D eigenvalue weighted by atomic mass is 9.79. The van der Waals surface area contributed by atoms with Crippen LogP contribution in [0.4, 0.5) is 11.4 Å². The Morgan fingerprint density at radius 3 is 2.76 bits per heavy atom. The smallest absolute Gasteiger partial charge is 0.144 e. The van der Waals surface area contributed by atoms with Crippen molar-refractivity contribution in [2.45, 2.75) is 51.6 Å². The van der Waals surface area contributed by atoms with Crippen molar-refractivity contribution in [2.24, 2.45) is 5.92 Å². The molecule has 0 aromatic heterocycles. The number of hydrogen-bond acceptors (Lipinski definition) is 4. The summed E-state index contributed by atoms with van der Waals surface area (Å²) in [5.74, 6) is 1.45. The molecule has 0 saturated heterocycles. The molecule has 0 amide bonds. The third-order valence-electron chi connectivity index (χ3n) is 4.30. The summed E-state index contributed by atoms with van der Waals surface area (Å²) in [6.45, 7) is 5.56. The van der Waals surface area contributed by atoms with E-state index in [0.29, 0.717) is 24.6 Å². The second kappa shape index (κ2) is 7.03. The zero-order valence-electron chi connectivity index (χ0n) is 13.2. The molecule has 4 nitrogen and oxygen atoms in total. The van der Waals surface area contributed by atoms with Gasteiger partial charge in [-0.05, 0) is 50.2 Å². The van der Waals surface area contributed by atoms with Gasteiger partial charge in [-0.25, -0.2) is 0 Å². The predicted molar refractivity (Wildman–Crippen MR) is 87.7 cm³/mol. The molecular weight excluding hydrogens is 264 g/mol. The van der Waals surface area contributed by atoms with Gasteiger partial charge in [0, 0.05) is 18.3 Å². The molecule has 0 heterocycles. The van der Waals surface area contributed by atoms with Crippen molar-refractivity contribution in [1.29, 1.82) is 0 Å². The zero-order chi connectivity index (χ0) is 15.3. The van der Waals surface area contributed by atoms with Gasteiger partial charge >= 0.3 is 0 Å². The number of nitrogen functional groups attached to an aromatic ring is 1. The standard InChI is InChI=1S/C17H28N2O2/c1-3-10-21-16-11-14(4-5-15(16)18)19-12-17(20)8-6-13(2)7-9-17/h4-5,11,13,19-20H,3,6-10,12,18H2,1-2H3. The summed E-state index contributed by atoms with van der Waals surface area (Å²) in [7, 11) is 0. The summed E-state index contributed by atoms with van der Waals surface area (Å²) in [4.78, 5) is 0. The Morgan fingerprint density at radius 2 is 2.10 bits per heavy atom. The fraction of sp³-hybridized carbons (Fsp3) is 0.647. The van der Waals surface area contributed by atoms with Gasteiger partial charge in [0.05, 0.1) is 17.9 Å². The van der Waals surface area contributed by atoms with E-state index >= 15 is 0 Å². The van der Waals surface area contributed by atoms with E-state index in [-0.39, 0.29) is 0 Å². The highest BCUT2D eigenvalue weighted by atomic mass is 16.5. The Labute approximate surface area is 127 Å². The minimum atomic E-state index is -0.585. The van der Waals surface area contributed by atoms with Gasteiger partial charge in [0.15, 0.2) is 0 Å². The van der Waals surface area contributed by atoms with Gasteiger partial charge in [0.2, 0.25) is 0 Å². The molecule has 0 spiro atoms. The Kier molecular flexibility index (Phi) is 5.34. The highest BCUT2D eigenvalue weighted by Gasteiger charge is 2.31. The first-order valence-electron chi connectivity index (χ1n) is 8.01. The van der Waals surface area contributed by atoms with E-state index < -0.39 is 5.60 Å². The van der Waals surface area contributed by atoms with E-state index in [1.165, 1.54) is 0 Å². The molecule has 118 valence electrons. The van der Waals surface area contributed by atoms with Crippen molar-refractivity contribution < 1.29 is 9.84 Å². The SMILES string of the molecule is CCCOc1cc(NCC2(O)CCC(C)CC2)ccc1N. The zero-order valence-corrected chi connectivity index (χ0v) is 13.2. The van der Waals surface area contributed by atoms with Gasteiger partial charge < -0.3 is 20.9 Å². The molecule has 0 aliphatic heterocycles. The summed E-state index contributed by atoms with van der Waals surface area (Å²) in [5, 5.41) is 13.9. The van der Waals surface area contributed by atoms with Crippen molar-refractivity contribution in [3.05, 3.63) is 18.2 Å². The molecule has 0 radical (unpaired) electrons. The number of rotatable bonds is 6. The lowest BCUT2D eigenvalue weighted by Crippen LogP contribution is -2.40. The van der Waals surface area contributed by atoms with Gasteiger partial charge in [-0.1, -0.05) is 13.8 Å². The quantitative estimate of drug-likeness (QED) is 0.703. The number of aliphatic hydroxyl groups is 1. The molecule has 4 heteroatoms. The fourth-order valence-electron chi connectivity index (χ4n) is 2.72. The lowest BCUT2D eigenvalue weighted by Gasteiger charge is -2.35. The lowest BCUT2D eigenvalue weighted by molar-refractivity contribution is 0.00501. The van der Waals surface area contributed by atoms with Crippen LogP contribution in [-0.4, -0.2) is 23.9 Å². The van der Waals surface area contributed by atoms with Crippen molar-refractivity contribution in [3.8, 4) is 5.75 Å². The number of nitrogens with two attached hydrogens (primary N) is 1. The molecule has 21 heavy (non-hydrogen) atoms. The molecule has 1 saturated carbocycles. The molecule has 2 rings (SSSR count). The third kappa shape index (κ3) is 4.53. The Bertz CT molecular complexity index is 454. The summed E-state index contributed by atoms with van der Waals surface area (Å²) >= 11 is 0. The summed E-state index contributed by atoms with van der Waals surface area (Å²) in [5.41, 5.74) is 6.92. The number of anilines is 2. The largest absolute Gasteiger partial charge is 0.491 e. The minimum Gasteiger partial charge on any atom is -0.491 e. The number of nitrogens with one attached hydrogen (secondary N) is 1. The van der Waals surface area contributed by atoms with Gasteiger partial charge in [-0.2, -0.15) is 0 Å². The van der Waals surface area contributed by atoms with E-state index in [4.69, 9.17) is 10.5 Å². The maximum Gasteiger partial charge on any atom is 0.144 e. The van der Waals surface area contributed by atoms with E-state index in [0.717, 1.165) is 43.7 Å². The molecule has 1 aliphatic rings. The maximum absolute atomic E-state index is 10.6. The minimum absolute atomic E-state index is 0.580. The molecule has 0 unspecified atom stereocenters. The first kappa shape index (κ1) is 16.0. The molecule has 1 fully saturated rings. The molecular formula is C17H28N2O2. The van der Waals surface area contributed by atoms with E-state index in [9.17, 15) is 5.11 Å². The highest BCUT2D eigenvalue weighted by Crippen LogP contribution is 2.32. The molecule has 0 atom stereocenters. The van der Waals surface area contributed by atoms with Crippen LogP contribution >= 0.6 is 0 Å². The van der Waals surface area contributed by atoms with Gasteiger partial charge in [-0.15, -0.1) is 0 Å². The molecule has 1 aliphatic carbocycles. The number of benzene rings is 1. The highest BCUT2D eigenvalue weighted by molar-refractivity contribution is 5.61. The Morgan fingerprint density at radius 1 is 1.38 bits per heavy atom. The van der Waals surface area contributed by atoms with Crippen LogP contribution in [0.5, 0.6) is 5.75 Å². The van der Waals surface area contributed by atoms with Gasteiger partial charge in [-0.3, -0.25) is 0 Å². The van der Waals surface area contributed by atoms with Crippen LogP contribution in [0.1, 0.15) is 46.0 Å². The van der Waals surface area contributed by atoms with E-state index in [2.05, 4.69) is 19.2 Å². The normalized spacial score (nSPS) is 25.6. The second-order valence-corrected chi connectivity index (χ2v) is 6.36. The van der Waals surface area contributed by atoms with Crippen molar-refractivity contribution in [2.75, 3.05) is 24.2 Å². The Balaban J connectivity index is 1.93. The van der Waals surface area contributed by atoms with Crippen molar-refractivity contribution in [3.63, 3.8) is 0 Å². The first-order chi connectivity index (χ1) is 10.0. The van der Waals surface area contributed by atoms with Crippen LogP contribution in [0.15, 0.2) is 18.2 Å². The summed E-state index contributed by atoms with van der Waals surface area (Å²) < 4.78 is 5.63. The van der Waals surface area contributed by atoms with E-state index in [1.807, 2.05) is 18.2 Å². The monoisotopic (exact) mass is 292 g/mol. The number of hydrogen-bond donors (Lipinski definition) is 3. The fourth-order valence-corrected chi connectivity index (χ4v) is 2.72. The van der Waals surface area contributed by atoms with Crippen molar-refractivity contribution >= 4 is 11.4 Å². The topological polar surface area (TPSA) is 67.5 Å². The molecule has 1 aromatic rings. The van der Waals surface area contributed by atoms with Crippen LogP contribution in [0, 0.1) is 5.92 Å². The molecule has 1 aromatic carbocycles. The summed E-state index contributed by atoms with van der Waals surface area (Å²) in [6.07, 6.45) is 4.90. The maximum atomic E-state index is 10.6. The second-order valence-electron chi connectivity index (χ2n) is 6.36. The van der Waals surface area contributed by atoms with Crippen LogP contribution in [0.2, 0.25) is 0 Å². The molecule has 0 bridgehead atoms. The van der Waals surface area contributed by atoms with Gasteiger partial charge in [0.25, 0.3) is 0 Å².